The first-order chi connectivity index (χ1) is 16.1. The van der Waals surface area contributed by atoms with Crippen LogP contribution in [0.5, 0.6) is 0 Å². The third kappa shape index (κ3) is 5.37. The van der Waals surface area contributed by atoms with E-state index < -0.39 is 6.10 Å². The molecule has 1 N–H and O–H groups in total. The zero-order valence-corrected chi connectivity index (χ0v) is 20.2. The van der Waals surface area contributed by atoms with Gasteiger partial charge in [-0.3, -0.25) is 9.78 Å². The molecule has 0 radical (unpaired) electrons. The minimum atomic E-state index is -0.504. The lowest BCUT2D eigenvalue weighted by atomic mass is 10.1. The highest BCUT2D eigenvalue weighted by Crippen LogP contribution is 2.36. The van der Waals surface area contributed by atoms with E-state index in [1.807, 2.05) is 11.2 Å². The van der Waals surface area contributed by atoms with Crippen molar-refractivity contribution in [1.82, 2.24) is 24.8 Å². The van der Waals surface area contributed by atoms with Gasteiger partial charge in [0.2, 0.25) is 0 Å². The van der Waals surface area contributed by atoms with Crippen molar-refractivity contribution in [3.05, 3.63) is 23.8 Å². The Morgan fingerprint density at radius 3 is 2.85 bits per heavy atom. The van der Waals surface area contributed by atoms with E-state index in [1.54, 1.807) is 14.2 Å². The highest BCUT2D eigenvalue weighted by atomic mass is 16.5. The molecule has 4 rings (SSSR count). The van der Waals surface area contributed by atoms with Gasteiger partial charge in [-0.15, -0.1) is 0 Å². The van der Waals surface area contributed by atoms with E-state index in [1.165, 1.54) is 0 Å². The molecule has 9 nitrogen and oxygen atoms in total. The average molecular weight is 460 g/mol. The molecule has 2 aromatic heterocycles. The normalized spacial score (nSPS) is 21.9. The highest BCUT2D eigenvalue weighted by molar-refractivity contribution is 5.83. The van der Waals surface area contributed by atoms with Gasteiger partial charge in [-0.05, 0) is 38.7 Å². The Kier molecular flexibility index (Phi) is 7.95. The lowest BCUT2D eigenvalue weighted by Gasteiger charge is -2.36. The van der Waals surface area contributed by atoms with Crippen LogP contribution in [0.2, 0.25) is 0 Å². The van der Waals surface area contributed by atoms with Crippen molar-refractivity contribution in [2.24, 2.45) is 0 Å². The summed E-state index contributed by atoms with van der Waals surface area (Å²) in [5.74, 6) is 0.0341. The van der Waals surface area contributed by atoms with E-state index in [2.05, 4.69) is 34.8 Å². The summed E-state index contributed by atoms with van der Waals surface area (Å²) in [7, 11) is 3.37. The van der Waals surface area contributed by atoms with Gasteiger partial charge in [-0.25, -0.2) is 4.98 Å². The second kappa shape index (κ2) is 10.9. The van der Waals surface area contributed by atoms with Crippen LogP contribution in [0, 0.1) is 0 Å². The molecule has 2 fully saturated rings. The number of nitrogens with zero attached hydrogens (tertiary/aromatic N) is 4. The number of ether oxygens (including phenoxy) is 3. The number of pyridine rings is 1. The predicted molar refractivity (Wildman–Crippen MR) is 125 cm³/mol. The number of carbonyl (C=O) groups is 1. The van der Waals surface area contributed by atoms with Gasteiger partial charge in [-0.2, -0.15) is 0 Å². The molecule has 1 aliphatic heterocycles. The number of hydrogen-bond donors (Lipinski definition) is 1. The van der Waals surface area contributed by atoms with Crippen molar-refractivity contribution in [3.8, 4) is 0 Å². The largest absolute Gasteiger partial charge is 0.385 e. The Hall–Kier alpha value is -2.07. The molecule has 1 amide bonds. The molecule has 3 atom stereocenters. The van der Waals surface area contributed by atoms with E-state index in [0.717, 1.165) is 54.6 Å². The van der Waals surface area contributed by atoms with E-state index >= 15 is 0 Å². The Labute approximate surface area is 195 Å². The van der Waals surface area contributed by atoms with Crippen LogP contribution in [0.1, 0.15) is 50.5 Å². The van der Waals surface area contributed by atoms with Crippen molar-refractivity contribution in [2.75, 3.05) is 40.5 Å². The summed E-state index contributed by atoms with van der Waals surface area (Å²) >= 11 is 0. The number of morpholine rings is 1. The highest BCUT2D eigenvalue weighted by Gasteiger charge is 2.41. The van der Waals surface area contributed by atoms with Gasteiger partial charge in [0.25, 0.3) is 5.91 Å². The van der Waals surface area contributed by atoms with Gasteiger partial charge in [0, 0.05) is 46.5 Å². The van der Waals surface area contributed by atoms with E-state index in [0.29, 0.717) is 26.3 Å². The number of aromatic nitrogens is 3. The number of carbonyl (C=O) groups excluding carboxylic acids is 1. The summed E-state index contributed by atoms with van der Waals surface area (Å²) in [6.07, 6.45) is 5.02. The third-order valence-electron chi connectivity index (χ3n) is 6.51. The van der Waals surface area contributed by atoms with Crippen LogP contribution in [-0.4, -0.2) is 84.1 Å². The topological polar surface area (TPSA) is 90.7 Å². The van der Waals surface area contributed by atoms with Crippen LogP contribution >= 0.6 is 0 Å². The van der Waals surface area contributed by atoms with Crippen LogP contribution < -0.4 is 5.32 Å². The van der Waals surface area contributed by atoms with Crippen molar-refractivity contribution in [3.63, 3.8) is 0 Å². The Morgan fingerprint density at radius 1 is 1.33 bits per heavy atom. The van der Waals surface area contributed by atoms with Gasteiger partial charge in [0.15, 0.2) is 0 Å². The number of fused-ring (bicyclic) bond motifs is 1. The molecule has 9 heteroatoms. The maximum Gasteiger partial charge on any atom is 0.253 e. The fraction of sp³-hybridized carbons (Fsp3) is 0.708. The number of hydrogen-bond acceptors (Lipinski definition) is 7. The molecule has 33 heavy (non-hydrogen) atoms. The molecule has 2 aromatic rings. The van der Waals surface area contributed by atoms with Crippen LogP contribution in [-0.2, 0) is 32.0 Å². The number of methoxy groups -OCH3 is 2. The van der Waals surface area contributed by atoms with Gasteiger partial charge in [0.05, 0.1) is 42.0 Å². The van der Waals surface area contributed by atoms with Gasteiger partial charge in [-0.1, -0.05) is 6.92 Å². The summed E-state index contributed by atoms with van der Waals surface area (Å²) < 4.78 is 18.7. The van der Waals surface area contributed by atoms with Gasteiger partial charge < -0.3 is 29.0 Å². The standard InChI is InChI=1S/C24H37N5O4/c1-5-19-23-21(28(15-26-23)9-6-10-31-3)11-20(27-19)16(2)29(17-7-8-17)24(30)22-13-25-12-18(33-22)14-32-4/h11,15-18,22,25H,5-10,12-14H2,1-4H3/t16-,18+,22-/m1/s1. The molecule has 0 unspecified atom stereocenters. The first kappa shape index (κ1) is 24.1. The number of aryl methyl sites for hydroxylation is 2. The van der Waals surface area contributed by atoms with Crippen LogP contribution in [0.4, 0.5) is 0 Å². The SMILES string of the molecule is CCc1nc([C@@H](C)N(C(=O)[C@H]2CNC[C@@H](COC)O2)C2CC2)cc2c1ncn2CCCOC. The minimum absolute atomic E-state index is 0.0341. The summed E-state index contributed by atoms with van der Waals surface area (Å²) in [5, 5.41) is 3.32. The molecule has 2 aliphatic rings. The number of nitrogens with one attached hydrogen (secondary N) is 1. The smallest absolute Gasteiger partial charge is 0.253 e. The van der Waals surface area contributed by atoms with Crippen molar-refractivity contribution in [2.45, 2.75) is 70.4 Å². The molecule has 0 spiro atoms. The number of amides is 1. The number of imidazole rings is 1. The second-order valence-electron chi connectivity index (χ2n) is 9.01. The fourth-order valence-corrected chi connectivity index (χ4v) is 4.65. The van der Waals surface area contributed by atoms with Crippen molar-refractivity contribution >= 4 is 16.9 Å². The summed E-state index contributed by atoms with van der Waals surface area (Å²) in [4.78, 5) is 25.2. The molecule has 1 saturated heterocycles. The fourth-order valence-electron chi connectivity index (χ4n) is 4.65. The van der Waals surface area contributed by atoms with Crippen molar-refractivity contribution < 1.29 is 19.0 Å². The first-order valence-corrected chi connectivity index (χ1v) is 12.1. The van der Waals surface area contributed by atoms with Crippen LogP contribution in [0.25, 0.3) is 11.0 Å². The molecular weight excluding hydrogens is 422 g/mol. The monoisotopic (exact) mass is 459 g/mol. The summed E-state index contributed by atoms with van der Waals surface area (Å²) in [5.41, 5.74) is 3.89. The Bertz CT molecular complexity index is 942. The summed E-state index contributed by atoms with van der Waals surface area (Å²) in [6.45, 7) is 7.41. The lowest BCUT2D eigenvalue weighted by molar-refractivity contribution is -0.156. The van der Waals surface area contributed by atoms with Crippen LogP contribution in [0.3, 0.4) is 0 Å². The molecule has 3 heterocycles. The summed E-state index contributed by atoms with van der Waals surface area (Å²) in [6, 6.07) is 2.21. The lowest BCUT2D eigenvalue weighted by Crippen LogP contribution is -2.54. The molecule has 0 bridgehead atoms. The van der Waals surface area contributed by atoms with E-state index in [9.17, 15) is 4.79 Å². The first-order valence-electron chi connectivity index (χ1n) is 12.1. The Morgan fingerprint density at radius 2 is 2.15 bits per heavy atom. The number of rotatable bonds is 11. The molecule has 182 valence electrons. The maximum atomic E-state index is 13.6. The van der Waals surface area contributed by atoms with E-state index in [-0.39, 0.29) is 24.1 Å². The van der Waals surface area contributed by atoms with Gasteiger partial charge >= 0.3 is 0 Å². The predicted octanol–water partition coefficient (Wildman–Crippen LogP) is 2.09. The Balaban J connectivity index is 1.60. The van der Waals surface area contributed by atoms with Crippen LogP contribution in [0.15, 0.2) is 12.4 Å². The average Bonchev–Trinajstić information content (AvgIpc) is 3.58. The molecule has 1 saturated carbocycles. The third-order valence-corrected chi connectivity index (χ3v) is 6.51. The van der Waals surface area contributed by atoms with E-state index in [4.69, 9.17) is 19.2 Å². The zero-order valence-electron chi connectivity index (χ0n) is 20.2. The quantitative estimate of drug-likeness (QED) is 0.515. The second-order valence-corrected chi connectivity index (χ2v) is 9.01. The van der Waals surface area contributed by atoms with Crippen molar-refractivity contribution in [1.29, 1.82) is 0 Å². The maximum absolute atomic E-state index is 13.6. The molecule has 0 aromatic carbocycles. The molecular formula is C24H37N5O4. The minimum Gasteiger partial charge on any atom is -0.385 e. The molecule has 1 aliphatic carbocycles. The zero-order chi connectivity index (χ0) is 23.4. The van der Waals surface area contributed by atoms with Gasteiger partial charge in [0.1, 0.15) is 11.6 Å².